The van der Waals surface area contributed by atoms with E-state index < -0.39 is 0 Å². The average Bonchev–Trinajstić information content (AvgIpc) is 2.32. The van der Waals surface area contributed by atoms with Gasteiger partial charge in [0.1, 0.15) is 0 Å². The van der Waals surface area contributed by atoms with Crippen LogP contribution in [0.5, 0.6) is 0 Å². The highest BCUT2D eigenvalue weighted by atomic mass is 79.9. The number of anilines is 1. The first kappa shape index (κ1) is 16.9. The summed E-state index contributed by atoms with van der Waals surface area (Å²) in [5.41, 5.74) is 2.79. The van der Waals surface area contributed by atoms with Gasteiger partial charge < -0.3 is 10.2 Å². The molecule has 108 valence electrons. The third kappa shape index (κ3) is 6.19. The van der Waals surface area contributed by atoms with Crippen LogP contribution < -0.4 is 10.2 Å². The average molecular weight is 345 g/mol. The van der Waals surface area contributed by atoms with Gasteiger partial charge in [-0.25, -0.2) is 0 Å². The highest BCUT2D eigenvalue weighted by molar-refractivity contribution is 9.10. The summed E-state index contributed by atoms with van der Waals surface area (Å²) < 4.78 is 1.14. The molecule has 1 rings (SSSR count). The quantitative estimate of drug-likeness (QED) is 0.834. The fourth-order valence-corrected chi connectivity index (χ4v) is 2.64. The van der Waals surface area contributed by atoms with E-state index in [2.05, 4.69) is 78.4 Å². The molecule has 0 atom stereocenters. The van der Waals surface area contributed by atoms with Crippen LogP contribution in [0.1, 0.15) is 26.3 Å². The van der Waals surface area contributed by atoms with Crippen molar-refractivity contribution in [1.29, 1.82) is 0 Å². The summed E-state index contributed by atoms with van der Waals surface area (Å²) in [6.45, 7) is 8.56. The Morgan fingerprint density at radius 3 is 2.58 bits per heavy atom. The first-order chi connectivity index (χ1) is 8.83. The Balaban J connectivity index is 2.85. The van der Waals surface area contributed by atoms with E-state index in [4.69, 9.17) is 0 Å². The minimum Gasteiger partial charge on any atom is -0.374 e. The molecule has 0 unspecified atom stereocenters. The maximum atomic E-state index is 3.57. The molecule has 0 aliphatic carbocycles. The molecule has 0 heterocycles. The summed E-state index contributed by atoms with van der Waals surface area (Å²) >= 11 is 5.45. The minimum absolute atomic E-state index is 0.136. The SMILES string of the molecule is CSCCN(C)c1ccc(Br)cc1CNC(C)(C)C. The topological polar surface area (TPSA) is 15.3 Å². The minimum atomic E-state index is 0.136. The largest absolute Gasteiger partial charge is 0.374 e. The number of benzene rings is 1. The molecule has 0 amide bonds. The molecule has 0 saturated heterocycles. The van der Waals surface area contributed by atoms with Crippen LogP contribution in [0.25, 0.3) is 0 Å². The molecule has 4 heteroatoms. The van der Waals surface area contributed by atoms with E-state index >= 15 is 0 Å². The van der Waals surface area contributed by atoms with Gasteiger partial charge in [-0.2, -0.15) is 11.8 Å². The lowest BCUT2D eigenvalue weighted by Gasteiger charge is -2.26. The van der Waals surface area contributed by atoms with E-state index in [9.17, 15) is 0 Å². The van der Waals surface area contributed by atoms with Gasteiger partial charge in [-0.05, 0) is 50.8 Å². The van der Waals surface area contributed by atoms with Crippen LogP contribution in [0.2, 0.25) is 0 Å². The Labute approximate surface area is 130 Å². The van der Waals surface area contributed by atoms with Gasteiger partial charge in [0.2, 0.25) is 0 Å². The zero-order valence-corrected chi connectivity index (χ0v) is 15.0. The molecular formula is C15H25BrN2S. The zero-order valence-electron chi connectivity index (χ0n) is 12.6. The summed E-state index contributed by atoms with van der Waals surface area (Å²) in [6, 6.07) is 6.53. The van der Waals surface area contributed by atoms with Crippen molar-refractivity contribution in [3.05, 3.63) is 28.2 Å². The van der Waals surface area contributed by atoms with Gasteiger partial charge in [0.05, 0.1) is 0 Å². The van der Waals surface area contributed by atoms with Crippen LogP contribution >= 0.6 is 27.7 Å². The van der Waals surface area contributed by atoms with Crippen molar-refractivity contribution in [3.63, 3.8) is 0 Å². The number of nitrogens with zero attached hydrogens (tertiary/aromatic N) is 1. The number of nitrogens with one attached hydrogen (secondary N) is 1. The predicted molar refractivity (Wildman–Crippen MR) is 92.4 cm³/mol. The summed E-state index contributed by atoms with van der Waals surface area (Å²) in [7, 11) is 2.17. The lowest BCUT2D eigenvalue weighted by Crippen LogP contribution is -2.35. The van der Waals surface area contributed by atoms with Crippen LogP contribution in [0.3, 0.4) is 0 Å². The number of hydrogen-bond donors (Lipinski definition) is 1. The molecule has 2 nitrogen and oxygen atoms in total. The summed E-state index contributed by atoms with van der Waals surface area (Å²) in [4.78, 5) is 2.34. The summed E-state index contributed by atoms with van der Waals surface area (Å²) in [5, 5.41) is 3.56. The number of rotatable bonds is 6. The van der Waals surface area contributed by atoms with Crippen molar-refractivity contribution >= 4 is 33.4 Å². The lowest BCUT2D eigenvalue weighted by atomic mass is 10.1. The molecule has 0 radical (unpaired) electrons. The third-order valence-electron chi connectivity index (χ3n) is 2.89. The lowest BCUT2D eigenvalue weighted by molar-refractivity contribution is 0.424. The smallest absolute Gasteiger partial charge is 0.0410 e. The molecule has 0 saturated carbocycles. The standard InChI is InChI=1S/C15H25BrN2S/c1-15(2,3)17-11-12-10-13(16)6-7-14(12)18(4)8-9-19-5/h6-7,10,17H,8-9,11H2,1-5H3. The van der Waals surface area contributed by atoms with Gasteiger partial charge in [-0.1, -0.05) is 15.9 Å². The van der Waals surface area contributed by atoms with Crippen molar-refractivity contribution in [3.8, 4) is 0 Å². The van der Waals surface area contributed by atoms with Gasteiger partial charge in [0.25, 0.3) is 0 Å². The molecule has 0 spiro atoms. The molecule has 0 aromatic heterocycles. The van der Waals surface area contributed by atoms with E-state index in [0.29, 0.717) is 0 Å². The predicted octanol–water partition coefficient (Wildman–Crippen LogP) is 4.14. The molecule has 0 fully saturated rings. The Hall–Kier alpha value is -0.190. The van der Waals surface area contributed by atoms with Gasteiger partial charge in [0, 0.05) is 41.6 Å². The van der Waals surface area contributed by atoms with Gasteiger partial charge >= 0.3 is 0 Å². The Bertz CT molecular complexity index is 402. The maximum absolute atomic E-state index is 3.57. The second-order valence-electron chi connectivity index (χ2n) is 5.79. The van der Waals surface area contributed by atoms with Crippen LogP contribution in [0, 0.1) is 0 Å². The molecule has 0 aliphatic heterocycles. The monoisotopic (exact) mass is 344 g/mol. The van der Waals surface area contributed by atoms with Crippen LogP contribution in [0.15, 0.2) is 22.7 Å². The fraction of sp³-hybridized carbons (Fsp3) is 0.600. The molecule has 0 bridgehead atoms. The van der Waals surface area contributed by atoms with Crippen LogP contribution in [-0.4, -0.2) is 31.1 Å². The van der Waals surface area contributed by atoms with E-state index in [1.54, 1.807) is 0 Å². The van der Waals surface area contributed by atoms with Crippen molar-refractivity contribution in [2.45, 2.75) is 32.9 Å². The van der Waals surface area contributed by atoms with E-state index in [0.717, 1.165) is 23.3 Å². The second-order valence-corrected chi connectivity index (χ2v) is 7.69. The second kappa shape index (κ2) is 7.55. The third-order valence-corrected chi connectivity index (χ3v) is 3.98. The number of hydrogen-bond acceptors (Lipinski definition) is 3. The van der Waals surface area contributed by atoms with Crippen LogP contribution in [-0.2, 0) is 6.54 Å². The highest BCUT2D eigenvalue weighted by Gasteiger charge is 2.12. The highest BCUT2D eigenvalue weighted by Crippen LogP contribution is 2.24. The van der Waals surface area contributed by atoms with E-state index in [1.807, 2.05) is 11.8 Å². The van der Waals surface area contributed by atoms with E-state index in [1.165, 1.54) is 11.3 Å². The van der Waals surface area contributed by atoms with Crippen molar-refractivity contribution < 1.29 is 0 Å². The number of halogens is 1. The normalized spacial score (nSPS) is 11.7. The van der Waals surface area contributed by atoms with Crippen molar-refractivity contribution in [2.75, 3.05) is 30.5 Å². The summed E-state index contributed by atoms with van der Waals surface area (Å²) in [5.74, 6) is 1.15. The van der Waals surface area contributed by atoms with Crippen LogP contribution in [0.4, 0.5) is 5.69 Å². The Morgan fingerprint density at radius 1 is 1.32 bits per heavy atom. The first-order valence-corrected chi connectivity index (χ1v) is 8.75. The molecule has 1 aromatic carbocycles. The van der Waals surface area contributed by atoms with Crippen molar-refractivity contribution in [2.24, 2.45) is 0 Å². The maximum Gasteiger partial charge on any atom is 0.0410 e. The Morgan fingerprint density at radius 2 is 2.00 bits per heavy atom. The molecule has 19 heavy (non-hydrogen) atoms. The fourth-order valence-electron chi connectivity index (χ4n) is 1.78. The van der Waals surface area contributed by atoms with E-state index in [-0.39, 0.29) is 5.54 Å². The van der Waals surface area contributed by atoms with Crippen molar-refractivity contribution in [1.82, 2.24) is 5.32 Å². The molecular weight excluding hydrogens is 320 g/mol. The Kier molecular flexibility index (Phi) is 6.71. The van der Waals surface area contributed by atoms with Gasteiger partial charge in [0.15, 0.2) is 0 Å². The number of thioether (sulfide) groups is 1. The molecule has 1 N–H and O–H groups in total. The summed E-state index contributed by atoms with van der Waals surface area (Å²) in [6.07, 6.45) is 2.15. The van der Waals surface area contributed by atoms with Gasteiger partial charge in [-0.3, -0.25) is 0 Å². The molecule has 1 aromatic rings. The first-order valence-electron chi connectivity index (χ1n) is 6.57. The molecule has 0 aliphatic rings. The van der Waals surface area contributed by atoms with Gasteiger partial charge in [-0.15, -0.1) is 0 Å². The zero-order chi connectivity index (χ0) is 14.5.